The second-order valence-electron chi connectivity index (χ2n) is 6.21. The van der Waals surface area contributed by atoms with Crippen molar-refractivity contribution in [3.05, 3.63) is 34.6 Å². The van der Waals surface area contributed by atoms with Crippen LogP contribution in [0.3, 0.4) is 0 Å². The first kappa shape index (κ1) is 17.6. The summed E-state index contributed by atoms with van der Waals surface area (Å²) < 4.78 is 13.1. The molecule has 0 radical (unpaired) electrons. The van der Waals surface area contributed by atoms with E-state index in [1.165, 1.54) is 12.1 Å². The first-order chi connectivity index (χ1) is 10.4. The monoisotopic (exact) mass is 344 g/mol. The fourth-order valence-corrected chi connectivity index (χ4v) is 3.87. The van der Waals surface area contributed by atoms with Crippen LogP contribution >= 0.6 is 23.4 Å². The molecule has 22 heavy (non-hydrogen) atoms. The minimum Gasteiger partial charge on any atom is -0.355 e. The molecule has 0 spiro atoms. The lowest BCUT2D eigenvalue weighted by molar-refractivity contribution is -0.121. The highest BCUT2D eigenvalue weighted by atomic mass is 35.5. The summed E-state index contributed by atoms with van der Waals surface area (Å²) in [6.45, 7) is 5.40. The Morgan fingerprint density at radius 2 is 2.32 bits per heavy atom. The van der Waals surface area contributed by atoms with Crippen molar-refractivity contribution in [2.75, 3.05) is 24.6 Å². The van der Waals surface area contributed by atoms with Gasteiger partial charge in [0.15, 0.2) is 0 Å². The largest absolute Gasteiger partial charge is 0.355 e. The molecule has 0 aromatic heterocycles. The van der Waals surface area contributed by atoms with E-state index in [1.807, 2.05) is 25.6 Å². The van der Waals surface area contributed by atoms with Crippen molar-refractivity contribution >= 4 is 29.3 Å². The summed E-state index contributed by atoms with van der Waals surface area (Å²) in [5.41, 5.74) is 0.483. The maximum atomic E-state index is 13.1. The molecule has 0 saturated carbocycles. The van der Waals surface area contributed by atoms with Gasteiger partial charge in [-0.3, -0.25) is 4.79 Å². The number of nitrogens with one attached hydrogen (secondary N) is 2. The highest BCUT2D eigenvalue weighted by Crippen LogP contribution is 2.30. The molecule has 1 saturated heterocycles. The fraction of sp³-hybridized carbons (Fsp3) is 0.562. The van der Waals surface area contributed by atoms with Crippen molar-refractivity contribution in [1.82, 2.24) is 10.6 Å². The van der Waals surface area contributed by atoms with E-state index in [0.717, 1.165) is 23.6 Å². The Hall–Kier alpha value is -0.780. The maximum absolute atomic E-state index is 13.1. The average molecular weight is 345 g/mol. The molecule has 0 aliphatic carbocycles. The van der Waals surface area contributed by atoms with Crippen LogP contribution in [0.25, 0.3) is 0 Å². The van der Waals surface area contributed by atoms with Gasteiger partial charge in [-0.05, 0) is 17.7 Å². The zero-order valence-corrected chi connectivity index (χ0v) is 14.5. The van der Waals surface area contributed by atoms with E-state index in [4.69, 9.17) is 11.6 Å². The highest BCUT2D eigenvalue weighted by Gasteiger charge is 2.25. The molecule has 1 aromatic carbocycles. The summed E-state index contributed by atoms with van der Waals surface area (Å²) in [6.07, 6.45) is 0.486. The van der Waals surface area contributed by atoms with Gasteiger partial charge >= 0.3 is 0 Å². The van der Waals surface area contributed by atoms with Crippen molar-refractivity contribution in [2.24, 2.45) is 0 Å². The number of carbonyl (C=O) groups excluding carboxylic acids is 1. The Bertz CT molecular complexity index is 533. The minimum absolute atomic E-state index is 0.0336. The molecular weight excluding hydrogens is 323 g/mol. The summed E-state index contributed by atoms with van der Waals surface area (Å²) in [5.74, 6) is 1.76. The van der Waals surface area contributed by atoms with Gasteiger partial charge in [0.05, 0.1) is 0 Å². The molecule has 3 nitrogen and oxygen atoms in total. The van der Waals surface area contributed by atoms with Crippen LogP contribution in [-0.4, -0.2) is 36.5 Å². The number of halogens is 2. The third kappa shape index (κ3) is 4.86. The fourth-order valence-electron chi connectivity index (χ4n) is 2.50. The van der Waals surface area contributed by atoms with E-state index in [0.29, 0.717) is 18.0 Å². The second-order valence-corrected chi connectivity index (χ2v) is 7.77. The third-order valence-corrected chi connectivity index (χ3v) is 5.26. The molecule has 1 fully saturated rings. The summed E-state index contributed by atoms with van der Waals surface area (Å²) in [6, 6.07) is 4.64. The predicted molar refractivity (Wildman–Crippen MR) is 91.2 cm³/mol. The number of thioether (sulfide) groups is 1. The molecule has 0 bridgehead atoms. The highest BCUT2D eigenvalue weighted by molar-refractivity contribution is 7.99. The van der Waals surface area contributed by atoms with Crippen LogP contribution in [0.15, 0.2) is 18.2 Å². The Morgan fingerprint density at radius 1 is 1.55 bits per heavy atom. The quantitative estimate of drug-likeness (QED) is 0.862. The van der Waals surface area contributed by atoms with Crippen molar-refractivity contribution in [3.63, 3.8) is 0 Å². The van der Waals surface area contributed by atoms with E-state index in [-0.39, 0.29) is 23.2 Å². The summed E-state index contributed by atoms with van der Waals surface area (Å²) >= 11 is 7.99. The van der Waals surface area contributed by atoms with Gasteiger partial charge in [-0.15, -0.1) is 0 Å². The van der Waals surface area contributed by atoms with Gasteiger partial charge in [-0.25, -0.2) is 4.39 Å². The Morgan fingerprint density at radius 3 is 2.95 bits per heavy atom. The number of hydrogen-bond acceptors (Lipinski definition) is 3. The molecule has 1 aliphatic heterocycles. The van der Waals surface area contributed by atoms with E-state index in [1.54, 1.807) is 6.07 Å². The molecule has 1 aliphatic rings. The normalized spacial score (nSPS) is 19.0. The SMILES string of the molecule is CC(C)(CNC(=O)CC1CSCCN1)c1ccc(F)cc1Cl. The Labute approximate surface area is 140 Å². The van der Waals surface area contributed by atoms with Gasteiger partial charge in [-0.1, -0.05) is 31.5 Å². The molecule has 6 heteroatoms. The third-order valence-electron chi connectivity index (χ3n) is 3.82. The predicted octanol–water partition coefficient (Wildman–Crippen LogP) is 2.97. The lowest BCUT2D eigenvalue weighted by Gasteiger charge is -2.28. The first-order valence-electron chi connectivity index (χ1n) is 7.42. The van der Waals surface area contributed by atoms with Crippen LogP contribution < -0.4 is 10.6 Å². The first-order valence-corrected chi connectivity index (χ1v) is 8.95. The van der Waals surface area contributed by atoms with Crippen LogP contribution in [0.2, 0.25) is 5.02 Å². The number of rotatable bonds is 5. The van der Waals surface area contributed by atoms with Gasteiger partial charge in [0.1, 0.15) is 5.82 Å². The average Bonchev–Trinajstić information content (AvgIpc) is 2.46. The van der Waals surface area contributed by atoms with Gasteiger partial charge in [0.2, 0.25) is 5.91 Å². The molecule has 2 N–H and O–H groups in total. The number of benzene rings is 1. The molecule has 1 heterocycles. The van der Waals surface area contributed by atoms with Crippen molar-refractivity contribution in [2.45, 2.75) is 31.7 Å². The topological polar surface area (TPSA) is 41.1 Å². The van der Waals surface area contributed by atoms with Gasteiger partial charge in [0, 0.05) is 47.5 Å². The van der Waals surface area contributed by atoms with E-state index < -0.39 is 0 Å². The Balaban J connectivity index is 1.89. The van der Waals surface area contributed by atoms with Crippen LogP contribution in [0, 0.1) is 5.82 Å². The van der Waals surface area contributed by atoms with Gasteiger partial charge in [-0.2, -0.15) is 11.8 Å². The number of amides is 1. The molecule has 1 aromatic rings. The van der Waals surface area contributed by atoms with E-state index >= 15 is 0 Å². The van der Waals surface area contributed by atoms with Crippen molar-refractivity contribution in [1.29, 1.82) is 0 Å². The summed E-state index contributed by atoms with van der Waals surface area (Å²) in [4.78, 5) is 12.1. The van der Waals surface area contributed by atoms with Crippen molar-refractivity contribution < 1.29 is 9.18 Å². The van der Waals surface area contributed by atoms with E-state index in [9.17, 15) is 9.18 Å². The number of carbonyl (C=O) groups is 1. The standard InChI is InChI=1S/C16H22ClFN2OS/c1-16(2,13-4-3-11(18)7-14(13)17)10-20-15(21)8-12-9-22-6-5-19-12/h3-4,7,12,19H,5-6,8-10H2,1-2H3,(H,20,21). The van der Waals surface area contributed by atoms with Crippen molar-refractivity contribution in [3.8, 4) is 0 Å². The van der Waals surface area contributed by atoms with Crippen LogP contribution in [-0.2, 0) is 10.2 Å². The molecule has 122 valence electrons. The summed E-state index contributed by atoms with van der Waals surface area (Å²) in [5, 5.41) is 6.71. The minimum atomic E-state index is -0.352. The summed E-state index contributed by atoms with van der Waals surface area (Å²) in [7, 11) is 0. The molecule has 2 rings (SSSR count). The second kappa shape index (κ2) is 7.66. The molecular formula is C16H22ClFN2OS. The van der Waals surface area contributed by atoms with E-state index in [2.05, 4.69) is 10.6 Å². The zero-order chi connectivity index (χ0) is 16.2. The van der Waals surface area contributed by atoms with Crippen LogP contribution in [0.1, 0.15) is 25.8 Å². The maximum Gasteiger partial charge on any atom is 0.221 e. The Kier molecular flexibility index (Phi) is 6.12. The lowest BCUT2D eigenvalue weighted by Crippen LogP contribution is -2.43. The lowest BCUT2D eigenvalue weighted by atomic mass is 9.84. The molecule has 1 amide bonds. The van der Waals surface area contributed by atoms with Crippen LogP contribution in [0.4, 0.5) is 4.39 Å². The number of hydrogen-bond donors (Lipinski definition) is 2. The molecule has 1 atom stereocenters. The zero-order valence-electron chi connectivity index (χ0n) is 12.9. The van der Waals surface area contributed by atoms with Gasteiger partial charge < -0.3 is 10.6 Å². The van der Waals surface area contributed by atoms with Crippen LogP contribution in [0.5, 0.6) is 0 Å². The smallest absolute Gasteiger partial charge is 0.221 e. The molecule has 1 unspecified atom stereocenters. The van der Waals surface area contributed by atoms with Gasteiger partial charge in [0.25, 0.3) is 0 Å².